The molecule has 19 heavy (non-hydrogen) atoms. The average molecular weight is 292 g/mol. The van der Waals surface area contributed by atoms with Crippen molar-refractivity contribution in [3.63, 3.8) is 0 Å². The second-order valence-corrected chi connectivity index (χ2v) is 4.89. The van der Waals surface area contributed by atoms with Gasteiger partial charge in [-0.05, 0) is 6.07 Å². The number of amides is 2. The number of fused-ring (bicyclic) bond motifs is 1. The lowest BCUT2D eigenvalue weighted by Gasteiger charge is -2.18. The molecule has 1 aliphatic heterocycles. The van der Waals surface area contributed by atoms with Crippen LogP contribution in [0.25, 0.3) is 10.8 Å². The van der Waals surface area contributed by atoms with Gasteiger partial charge in [0.2, 0.25) is 0 Å². The molecule has 0 atom stereocenters. The smallest absolute Gasteiger partial charge is 0.258 e. The topological polar surface area (TPSA) is 37.4 Å². The highest BCUT2D eigenvalue weighted by atomic mass is 35.5. The lowest BCUT2D eigenvalue weighted by atomic mass is 10.1. The summed E-state index contributed by atoms with van der Waals surface area (Å²) in [7, 11) is 0. The van der Waals surface area contributed by atoms with Crippen LogP contribution < -0.4 is 4.90 Å². The van der Waals surface area contributed by atoms with E-state index in [4.69, 9.17) is 23.2 Å². The van der Waals surface area contributed by atoms with Crippen LogP contribution in [0.5, 0.6) is 0 Å². The van der Waals surface area contributed by atoms with Crippen molar-refractivity contribution in [1.29, 1.82) is 0 Å². The first-order chi connectivity index (χ1) is 9.09. The molecule has 2 aromatic carbocycles. The number of carbonyl (C=O) groups excluding carboxylic acids is 2. The van der Waals surface area contributed by atoms with Crippen LogP contribution >= 0.6 is 23.2 Å². The number of imide groups is 1. The van der Waals surface area contributed by atoms with E-state index in [1.165, 1.54) is 12.2 Å². The normalized spacial score (nSPS) is 14.7. The number of halogens is 2. The van der Waals surface area contributed by atoms with Gasteiger partial charge in [0, 0.05) is 22.9 Å². The van der Waals surface area contributed by atoms with Crippen LogP contribution in [0.4, 0.5) is 5.69 Å². The van der Waals surface area contributed by atoms with E-state index in [0.717, 1.165) is 10.3 Å². The molecule has 3 rings (SSSR count). The third-order valence-electron chi connectivity index (χ3n) is 2.95. The summed E-state index contributed by atoms with van der Waals surface area (Å²) in [5, 5.41) is 2.17. The largest absolute Gasteiger partial charge is 0.269 e. The van der Waals surface area contributed by atoms with Crippen LogP contribution in [0.3, 0.4) is 0 Å². The Hall–Kier alpha value is -1.84. The molecule has 2 aromatic rings. The van der Waals surface area contributed by atoms with Crippen LogP contribution in [-0.4, -0.2) is 11.8 Å². The Morgan fingerprint density at radius 3 is 2.05 bits per heavy atom. The molecule has 0 spiro atoms. The van der Waals surface area contributed by atoms with Crippen LogP contribution in [0.1, 0.15) is 0 Å². The van der Waals surface area contributed by atoms with Crippen LogP contribution in [-0.2, 0) is 9.59 Å². The molecule has 1 aliphatic rings. The minimum Gasteiger partial charge on any atom is -0.269 e. The summed E-state index contributed by atoms with van der Waals surface area (Å²) < 4.78 is 0. The Kier molecular flexibility index (Phi) is 2.81. The zero-order chi connectivity index (χ0) is 13.6. The standard InChI is InChI=1S/C14H7Cl2NO2/c15-10-7-11(16)14(9-4-2-1-3-8(9)10)17-12(18)5-6-13(17)19/h1-7H. The van der Waals surface area contributed by atoms with Gasteiger partial charge in [0.15, 0.2) is 0 Å². The van der Waals surface area contributed by atoms with Crippen molar-refractivity contribution in [3.05, 3.63) is 52.5 Å². The Labute approximate surface area is 119 Å². The third kappa shape index (κ3) is 1.82. The molecule has 0 radical (unpaired) electrons. The third-order valence-corrected chi connectivity index (χ3v) is 3.55. The SMILES string of the molecule is O=C1C=CC(=O)N1c1c(Cl)cc(Cl)c2ccccc12. The van der Waals surface area contributed by atoms with E-state index in [1.807, 2.05) is 12.1 Å². The molecule has 0 fully saturated rings. The Balaban J connectivity index is 2.35. The van der Waals surface area contributed by atoms with Gasteiger partial charge in [-0.1, -0.05) is 47.5 Å². The van der Waals surface area contributed by atoms with Gasteiger partial charge in [-0.15, -0.1) is 0 Å². The minimum atomic E-state index is -0.403. The summed E-state index contributed by atoms with van der Waals surface area (Å²) in [6.45, 7) is 0. The summed E-state index contributed by atoms with van der Waals surface area (Å²) in [6.07, 6.45) is 2.45. The van der Waals surface area contributed by atoms with Crippen molar-refractivity contribution < 1.29 is 9.59 Å². The fourth-order valence-corrected chi connectivity index (χ4v) is 2.76. The van der Waals surface area contributed by atoms with E-state index in [1.54, 1.807) is 18.2 Å². The predicted octanol–water partition coefficient (Wildman–Crippen LogP) is 3.58. The number of rotatable bonds is 1. The zero-order valence-electron chi connectivity index (χ0n) is 9.56. The molecular weight excluding hydrogens is 285 g/mol. The fraction of sp³-hybridized carbons (Fsp3) is 0. The molecule has 3 nitrogen and oxygen atoms in total. The van der Waals surface area contributed by atoms with Crippen molar-refractivity contribution in [2.75, 3.05) is 4.90 Å². The molecule has 94 valence electrons. The van der Waals surface area contributed by atoms with E-state index in [0.29, 0.717) is 16.1 Å². The summed E-state index contributed by atoms with van der Waals surface area (Å²) in [4.78, 5) is 24.6. The summed E-state index contributed by atoms with van der Waals surface area (Å²) in [5.41, 5.74) is 0.377. The predicted molar refractivity (Wildman–Crippen MR) is 75.6 cm³/mol. The second-order valence-electron chi connectivity index (χ2n) is 4.08. The molecule has 0 bridgehead atoms. The van der Waals surface area contributed by atoms with Crippen molar-refractivity contribution in [2.45, 2.75) is 0 Å². The molecular formula is C14H7Cl2NO2. The highest BCUT2D eigenvalue weighted by Gasteiger charge is 2.29. The highest BCUT2D eigenvalue weighted by molar-refractivity contribution is 6.43. The van der Waals surface area contributed by atoms with Gasteiger partial charge in [0.25, 0.3) is 11.8 Å². The molecule has 0 aromatic heterocycles. The first kappa shape index (κ1) is 12.2. The van der Waals surface area contributed by atoms with E-state index in [9.17, 15) is 9.59 Å². The van der Waals surface area contributed by atoms with E-state index < -0.39 is 11.8 Å². The average Bonchev–Trinajstić information content (AvgIpc) is 2.71. The molecule has 1 heterocycles. The van der Waals surface area contributed by atoms with Crippen LogP contribution in [0, 0.1) is 0 Å². The van der Waals surface area contributed by atoms with Gasteiger partial charge >= 0.3 is 0 Å². The van der Waals surface area contributed by atoms with Crippen molar-refractivity contribution >= 4 is 51.5 Å². The second kappa shape index (κ2) is 4.37. The molecule has 0 N–H and O–H groups in total. The van der Waals surface area contributed by atoms with Gasteiger partial charge in [0.1, 0.15) is 0 Å². The van der Waals surface area contributed by atoms with Crippen molar-refractivity contribution in [1.82, 2.24) is 0 Å². The lowest BCUT2D eigenvalue weighted by Crippen LogP contribution is -2.30. The fourth-order valence-electron chi connectivity index (χ4n) is 2.13. The summed E-state index contributed by atoms with van der Waals surface area (Å²) >= 11 is 12.3. The molecule has 0 saturated heterocycles. The Morgan fingerprint density at radius 1 is 0.842 bits per heavy atom. The van der Waals surface area contributed by atoms with Crippen LogP contribution in [0.2, 0.25) is 10.0 Å². The number of hydrogen-bond donors (Lipinski definition) is 0. The quantitative estimate of drug-likeness (QED) is 0.753. The zero-order valence-corrected chi connectivity index (χ0v) is 11.1. The maximum Gasteiger partial charge on any atom is 0.258 e. The number of anilines is 1. The number of carbonyl (C=O) groups is 2. The summed E-state index contributed by atoms with van der Waals surface area (Å²) in [6, 6.07) is 8.77. The number of hydrogen-bond acceptors (Lipinski definition) is 2. The van der Waals surface area contributed by atoms with E-state index >= 15 is 0 Å². The first-order valence-corrected chi connectivity index (χ1v) is 6.28. The Morgan fingerprint density at radius 2 is 1.42 bits per heavy atom. The molecule has 0 unspecified atom stereocenters. The summed E-state index contributed by atoms with van der Waals surface area (Å²) in [5.74, 6) is -0.807. The van der Waals surface area contributed by atoms with E-state index in [-0.39, 0.29) is 5.02 Å². The van der Waals surface area contributed by atoms with E-state index in [2.05, 4.69) is 0 Å². The van der Waals surface area contributed by atoms with Gasteiger partial charge in [0.05, 0.1) is 15.7 Å². The van der Waals surface area contributed by atoms with Crippen molar-refractivity contribution in [3.8, 4) is 0 Å². The maximum absolute atomic E-state index is 11.8. The van der Waals surface area contributed by atoms with Gasteiger partial charge in [-0.2, -0.15) is 0 Å². The van der Waals surface area contributed by atoms with Crippen molar-refractivity contribution in [2.24, 2.45) is 0 Å². The monoisotopic (exact) mass is 291 g/mol. The lowest BCUT2D eigenvalue weighted by molar-refractivity contribution is -0.119. The highest BCUT2D eigenvalue weighted by Crippen LogP contribution is 2.39. The van der Waals surface area contributed by atoms with Gasteiger partial charge < -0.3 is 0 Å². The number of nitrogens with zero attached hydrogens (tertiary/aromatic N) is 1. The molecule has 0 saturated carbocycles. The van der Waals surface area contributed by atoms with Gasteiger partial charge in [-0.3, -0.25) is 9.59 Å². The Bertz CT molecular complexity index is 734. The first-order valence-electron chi connectivity index (χ1n) is 5.52. The minimum absolute atomic E-state index is 0.272. The number of benzene rings is 2. The molecule has 0 aliphatic carbocycles. The molecule has 5 heteroatoms. The molecule has 2 amide bonds. The van der Waals surface area contributed by atoms with Gasteiger partial charge in [-0.25, -0.2) is 4.90 Å². The van der Waals surface area contributed by atoms with Crippen LogP contribution in [0.15, 0.2) is 42.5 Å². The maximum atomic E-state index is 11.8.